The Morgan fingerprint density at radius 1 is 1.19 bits per heavy atom. The van der Waals surface area contributed by atoms with Crippen LogP contribution in [0, 0.1) is 0 Å². The standard InChI is InChI=1S/C16H17NO4/c1-19-13-4-2-3-12(8-13)17-14(9-18)11-5-6-15-16(7-11)21-10-20-15/h2-8,14,17-18H,9-10H2,1H3. The number of hydrogen-bond donors (Lipinski definition) is 2. The van der Waals surface area contributed by atoms with Gasteiger partial charge in [0.05, 0.1) is 19.8 Å². The minimum atomic E-state index is -0.230. The molecule has 0 radical (unpaired) electrons. The normalized spacial score (nSPS) is 13.8. The molecular weight excluding hydrogens is 270 g/mol. The van der Waals surface area contributed by atoms with Crippen molar-refractivity contribution in [3.05, 3.63) is 48.0 Å². The summed E-state index contributed by atoms with van der Waals surface area (Å²) in [5, 5.41) is 12.9. The average molecular weight is 287 g/mol. The molecule has 110 valence electrons. The van der Waals surface area contributed by atoms with Gasteiger partial charge < -0.3 is 24.6 Å². The van der Waals surface area contributed by atoms with Crippen molar-refractivity contribution in [2.24, 2.45) is 0 Å². The minimum Gasteiger partial charge on any atom is -0.497 e. The molecule has 1 aliphatic heterocycles. The van der Waals surface area contributed by atoms with E-state index in [2.05, 4.69) is 5.32 Å². The van der Waals surface area contributed by atoms with E-state index in [0.717, 1.165) is 22.7 Å². The molecule has 0 saturated heterocycles. The highest BCUT2D eigenvalue weighted by atomic mass is 16.7. The molecule has 1 atom stereocenters. The molecule has 5 heteroatoms. The van der Waals surface area contributed by atoms with Crippen LogP contribution in [0.4, 0.5) is 5.69 Å². The van der Waals surface area contributed by atoms with E-state index in [9.17, 15) is 5.11 Å². The maximum Gasteiger partial charge on any atom is 0.231 e. The van der Waals surface area contributed by atoms with Crippen LogP contribution >= 0.6 is 0 Å². The second-order valence-electron chi connectivity index (χ2n) is 4.72. The number of aliphatic hydroxyl groups excluding tert-OH is 1. The number of methoxy groups -OCH3 is 1. The van der Waals surface area contributed by atoms with Gasteiger partial charge in [0.15, 0.2) is 11.5 Å². The van der Waals surface area contributed by atoms with Crippen molar-refractivity contribution in [2.45, 2.75) is 6.04 Å². The Morgan fingerprint density at radius 2 is 2.05 bits per heavy atom. The predicted octanol–water partition coefficient (Wildman–Crippen LogP) is 2.57. The van der Waals surface area contributed by atoms with Gasteiger partial charge in [-0.15, -0.1) is 0 Å². The van der Waals surface area contributed by atoms with Crippen molar-refractivity contribution in [1.29, 1.82) is 0 Å². The number of nitrogens with one attached hydrogen (secondary N) is 1. The number of rotatable bonds is 5. The van der Waals surface area contributed by atoms with E-state index < -0.39 is 0 Å². The summed E-state index contributed by atoms with van der Waals surface area (Å²) in [6.45, 7) is 0.211. The highest BCUT2D eigenvalue weighted by molar-refractivity contribution is 5.52. The smallest absolute Gasteiger partial charge is 0.231 e. The molecule has 21 heavy (non-hydrogen) atoms. The number of fused-ring (bicyclic) bond motifs is 1. The lowest BCUT2D eigenvalue weighted by Gasteiger charge is -2.18. The zero-order valence-corrected chi connectivity index (χ0v) is 11.7. The Morgan fingerprint density at radius 3 is 2.86 bits per heavy atom. The van der Waals surface area contributed by atoms with E-state index in [4.69, 9.17) is 14.2 Å². The molecule has 2 aromatic rings. The molecule has 0 bridgehead atoms. The van der Waals surface area contributed by atoms with Crippen LogP contribution in [0.5, 0.6) is 17.2 Å². The van der Waals surface area contributed by atoms with Gasteiger partial charge >= 0.3 is 0 Å². The SMILES string of the molecule is COc1cccc(NC(CO)c2ccc3c(c2)OCO3)c1. The summed E-state index contributed by atoms with van der Waals surface area (Å²) in [7, 11) is 1.63. The lowest BCUT2D eigenvalue weighted by atomic mass is 10.1. The summed E-state index contributed by atoms with van der Waals surface area (Å²) in [5.41, 5.74) is 1.82. The zero-order valence-electron chi connectivity index (χ0n) is 11.7. The number of anilines is 1. The topological polar surface area (TPSA) is 60.0 Å². The van der Waals surface area contributed by atoms with Gasteiger partial charge in [0.2, 0.25) is 6.79 Å². The van der Waals surface area contributed by atoms with Crippen molar-refractivity contribution in [3.63, 3.8) is 0 Å². The first-order valence-electron chi connectivity index (χ1n) is 6.71. The third-order valence-corrected chi connectivity index (χ3v) is 3.39. The molecule has 3 rings (SSSR count). The highest BCUT2D eigenvalue weighted by Gasteiger charge is 2.17. The van der Waals surface area contributed by atoms with Gasteiger partial charge in [0, 0.05) is 11.8 Å². The second-order valence-corrected chi connectivity index (χ2v) is 4.72. The molecule has 2 aromatic carbocycles. The molecule has 0 saturated carbocycles. The van der Waals surface area contributed by atoms with E-state index >= 15 is 0 Å². The Kier molecular flexibility index (Phi) is 3.83. The number of ether oxygens (including phenoxy) is 3. The molecule has 1 aliphatic rings. The van der Waals surface area contributed by atoms with Gasteiger partial charge in [-0.3, -0.25) is 0 Å². The largest absolute Gasteiger partial charge is 0.497 e. The van der Waals surface area contributed by atoms with Crippen LogP contribution < -0.4 is 19.5 Å². The molecule has 1 unspecified atom stereocenters. The first-order chi connectivity index (χ1) is 10.3. The summed E-state index contributed by atoms with van der Waals surface area (Å²) >= 11 is 0. The Balaban J connectivity index is 1.81. The number of hydrogen-bond acceptors (Lipinski definition) is 5. The Bertz CT molecular complexity index is 629. The molecule has 0 aliphatic carbocycles. The van der Waals surface area contributed by atoms with Crippen LogP contribution in [0.1, 0.15) is 11.6 Å². The molecule has 0 fully saturated rings. The fourth-order valence-corrected chi connectivity index (χ4v) is 2.28. The molecule has 5 nitrogen and oxygen atoms in total. The summed E-state index contributed by atoms with van der Waals surface area (Å²) in [4.78, 5) is 0. The van der Waals surface area contributed by atoms with Gasteiger partial charge in [-0.1, -0.05) is 12.1 Å². The van der Waals surface area contributed by atoms with E-state index in [1.54, 1.807) is 7.11 Å². The van der Waals surface area contributed by atoms with Crippen molar-refractivity contribution in [3.8, 4) is 17.2 Å². The summed E-state index contributed by atoms with van der Waals surface area (Å²) in [6, 6.07) is 13.0. The van der Waals surface area contributed by atoms with Crippen LogP contribution in [0.3, 0.4) is 0 Å². The third kappa shape index (κ3) is 2.87. The van der Waals surface area contributed by atoms with E-state index in [0.29, 0.717) is 5.75 Å². The van der Waals surface area contributed by atoms with Crippen LogP contribution in [0.2, 0.25) is 0 Å². The van der Waals surface area contributed by atoms with E-state index in [1.165, 1.54) is 0 Å². The Hall–Kier alpha value is -2.40. The van der Waals surface area contributed by atoms with Crippen LogP contribution in [-0.2, 0) is 0 Å². The fraction of sp³-hybridized carbons (Fsp3) is 0.250. The number of benzene rings is 2. The quantitative estimate of drug-likeness (QED) is 0.885. The summed E-state index contributed by atoms with van der Waals surface area (Å²) in [5.74, 6) is 2.21. The van der Waals surface area contributed by atoms with Crippen molar-refractivity contribution >= 4 is 5.69 Å². The molecule has 0 aromatic heterocycles. The van der Waals surface area contributed by atoms with Crippen LogP contribution in [-0.4, -0.2) is 25.6 Å². The van der Waals surface area contributed by atoms with Gasteiger partial charge in [-0.05, 0) is 29.8 Å². The predicted molar refractivity (Wildman–Crippen MR) is 79.0 cm³/mol. The molecule has 0 amide bonds. The van der Waals surface area contributed by atoms with Gasteiger partial charge in [-0.25, -0.2) is 0 Å². The van der Waals surface area contributed by atoms with Gasteiger partial charge in [0.25, 0.3) is 0 Å². The summed E-state index contributed by atoms with van der Waals surface area (Å²) in [6.07, 6.45) is 0. The lowest BCUT2D eigenvalue weighted by Crippen LogP contribution is -2.14. The molecular formula is C16H17NO4. The maximum atomic E-state index is 9.65. The van der Waals surface area contributed by atoms with Crippen LogP contribution in [0.25, 0.3) is 0 Å². The van der Waals surface area contributed by atoms with E-state index in [-0.39, 0.29) is 19.4 Å². The third-order valence-electron chi connectivity index (χ3n) is 3.39. The van der Waals surface area contributed by atoms with Crippen molar-refractivity contribution in [1.82, 2.24) is 0 Å². The lowest BCUT2D eigenvalue weighted by molar-refractivity contribution is 0.174. The number of aliphatic hydroxyl groups is 1. The molecule has 1 heterocycles. The highest BCUT2D eigenvalue weighted by Crippen LogP contribution is 2.35. The second kappa shape index (κ2) is 5.93. The Labute approximate surface area is 123 Å². The summed E-state index contributed by atoms with van der Waals surface area (Å²) < 4.78 is 15.9. The first kappa shape index (κ1) is 13.6. The zero-order chi connectivity index (χ0) is 14.7. The fourth-order valence-electron chi connectivity index (χ4n) is 2.28. The maximum absolute atomic E-state index is 9.65. The molecule has 2 N–H and O–H groups in total. The minimum absolute atomic E-state index is 0.0309. The van der Waals surface area contributed by atoms with Gasteiger partial charge in [-0.2, -0.15) is 0 Å². The monoisotopic (exact) mass is 287 g/mol. The van der Waals surface area contributed by atoms with Crippen LogP contribution in [0.15, 0.2) is 42.5 Å². The van der Waals surface area contributed by atoms with Gasteiger partial charge in [0.1, 0.15) is 5.75 Å². The van der Waals surface area contributed by atoms with Crippen molar-refractivity contribution in [2.75, 3.05) is 25.8 Å². The molecule has 0 spiro atoms. The van der Waals surface area contributed by atoms with Crippen molar-refractivity contribution < 1.29 is 19.3 Å². The van der Waals surface area contributed by atoms with E-state index in [1.807, 2.05) is 42.5 Å². The first-order valence-corrected chi connectivity index (χ1v) is 6.71. The average Bonchev–Trinajstić information content (AvgIpc) is 3.00.